The highest BCUT2D eigenvalue weighted by molar-refractivity contribution is 6.36. The second-order valence-electron chi connectivity index (χ2n) is 6.00. The molecule has 1 aliphatic carbocycles. The Balaban J connectivity index is 1.55. The van der Waals surface area contributed by atoms with Crippen LogP contribution in [0, 0.1) is 0 Å². The third-order valence-corrected chi connectivity index (χ3v) is 5.02. The van der Waals surface area contributed by atoms with E-state index in [4.69, 9.17) is 23.2 Å². The van der Waals surface area contributed by atoms with Crippen molar-refractivity contribution in [1.82, 2.24) is 24.7 Å². The number of imidazole rings is 1. The summed E-state index contributed by atoms with van der Waals surface area (Å²) in [6.07, 6.45) is 8.32. The molecule has 23 heavy (non-hydrogen) atoms. The SMILES string of the molecule is Clc1cccc(Cl)c1Cc1nc(C2(Cn3ccnc3)CC2)n[nH]1. The lowest BCUT2D eigenvalue weighted by Gasteiger charge is -2.11. The van der Waals surface area contributed by atoms with Crippen molar-refractivity contribution in [3.63, 3.8) is 0 Å². The molecule has 1 saturated carbocycles. The molecule has 5 nitrogen and oxygen atoms in total. The molecule has 0 amide bonds. The van der Waals surface area contributed by atoms with Gasteiger partial charge in [-0.15, -0.1) is 0 Å². The zero-order valence-corrected chi connectivity index (χ0v) is 13.8. The van der Waals surface area contributed by atoms with Gasteiger partial charge in [-0.25, -0.2) is 9.97 Å². The van der Waals surface area contributed by atoms with Crippen LogP contribution in [0.1, 0.15) is 30.1 Å². The van der Waals surface area contributed by atoms with Crippen LogP contribution in [0.2, 0.25) is 10.0 Å². The third kappa shape index (κ3) is 2.86. The van der Waals surface area contributed by atoms with Crippen LogP contribution in [0.3, 0.4) is 0 Å². The minimum atomic E-state index is 0.0275. The van der Waals surface area contributed by atoms with E-state index in [9.17, 15) is 0 Å². The monoisotopic (exact) mass is 347 g/mol. The Morgan fingerprint density at radius 3 is 2.65 bits per heavy atom. The summed E-state index contributed by atoms with van der Waals surface area (Å²) in [4.78, 5) is 8.78. The van der Waals surface area contributed by atoms with Crippen molar-refractivity contribution in [2.24, 2.45) is 0 Å². The van der Waals surface area contributed by atoms with Crippen LogP contribution in [0.5, 0.6) is 0 Å². The number of H-pyrrole nitrogens is 1. The second-order valence-corrected chi connectivity index (χ2v) is 6.81. The van der Waals surface area contributed by atoms with E-state index in [2.05, 4.69) is 24.7 Å². The summed E-state index contributed by atoms with van der Waals surface area (Å²) < 4.78 is 2.08. The number of aromatic amines is 1. The van der Waals surface area contributed by atoms with Crippen molar-refractivity contribution in [2.45, 2.75) is 31.2 Å². The summed E-state index contributed by atoms with van der Waals surface area (Å²) in [5.74, 6) is 1.65. The van der Waals surface area contributed by atoms with Gasteiger partial charge in [-0.2, -0.15) is 5.10 Å². The Morgan fingerprint density at radius 1 is 1.22 bits per heavy atom. The molecule has 0 bridgehead atoms. The maximum atomic E-state index is 6.23. The first kappa shape index (κ1) is 14.7. The highest BCUT2D eigenvalue weighted by atomic mass is 35.5. The summed E-state index contributed by atoms with van der Waals surface area (Å²) in [5.41, 5.74) is 0.901. The minimum Gasteiger partial charge on any atom is -0.336 e. The lowest BCUT2D eigenvalue weighted by atomic mass is 10.1. The van der Waals surface area contributed by atoms with Crippen LogP contribution in [-0.4, -0.2) is 24.7 Å². The first-order chi connectivity index (χ1) is 11.2. The summed E-state index contributed by atoms with van der Waals surface area (Å²) in [7, 11) is 0. The standard InChI is InChI=1S/C16H15Cl2N5/c17-12-2-1-3-13(18)11(12)8-14-20-15(22-21-14)16(4-5-16)9-23-7-6-19-10-23/h1-3,6-7,10H,4-5,8-9H2,(H,20,21,22). The normalized spacial score (nSPS) is 15.7. The van der Waals surface area contributed by atoms with Gasteiger partial charge in [-0.1, -0.05) is 29.3 Å². The predicted octanol–water partition coefficient (Wildman–Crippen LogP) is 3.63. The molecule has 2 heterocycles. The average Bonchev–Trinajstić information content (AvgIpc) is 2.94. The van der Waals surface area contributed by atoms with Crippen LogP contribution < -0.4 is 0 Å². The van der Waals surface area contributed by atoms with E-state index in [0.717, 1.165) is 36.6 Å². The number of halogens is 2. The molecule has 0 aliphatic heterocycles. The van der Waals surface area contributed by atoms with Crippen molar-refractivity contribution < 1.29 is 0 Å². The van der Waals surface area contributed by atoms with E-state index in [1.165, 1.54) is 0 Å². The van der Waals surface area contributed by atoms with Gasteiger partial charge in [0.25, 0.3) is 0 Å². The van der Waals surface area contributed by atoms with Gasteiger partial charge in [0, 0.05) is 35.4 Å². The molecule has 0 spiro atoms. The number of benzene rings is 1. The lowest BCUT2D eigenvalue weighted by Crippen LogP contribution is -2.16. The number of hydrogen-bond acceptors (Lipinski definition) is 3. The highest BCUT2D eigenvalue weighted by Gasteiger charge is 2.48. The molecule has 0 saturated heterocycles. The van der Waals surface area contributed by atoms with E-state index in [-0.39, 0.29) is 5.41 Å². The molecule has 118 valence electrons. The summed E-state index contributed by atoms with van der Waals surface area (Å²) in [6.45, 7) is 0.858. The van der Waals surface area contributed by atoms with Crippen LogP contribution >= 0.6 is 23.2 Å². The van der Waals surface area contributed by atoms with Crippen molar-refractivity contribution >= 4 is 23.2 Å². The molecular weight excluding hydrogens is 333 g/mol. The quantitative estimate of drug-likeness (QED) is 0.766. The molecule has 0 unspecified atom stereocenters. The molecule has 0 radical (unpaired) electrons. The van der Waals surface area contributed by atoms with Gasteiger partial charge >= 0.3 is 0 Å². The Bertz CT molecular complexity index is 801. The van der Waals surface area contributed by atoms with Gasteiger partial charge in [-0.3, -0.25) is 5.10 Å². The van der Waals surface area contributed by atoms with E-state index in [1.807, 2.05) is 30.7 Å². The average molecular weight is 348 g/mol. The molecule has 1 N–H and O–H groups in total. The van der Waals surface area contributed by atoms with E-state index < -0.39 is 0 Å². The molecule has 4 rings (SSSR count). The van der Waals surface area contributed by atoms with Crippen molar-refractivity contribution in [1.29, 1.82) is 0 Å². The van der Waals surface area contributed by atoms with Crippen LogP contribution in [0.15, 0.2) is 36.9 Å². The number of aromatic nitrogens is 5. The zero-order valence-electron chi connectivity index (χ0n) is 12.3. The summed E-state index contributed by atoms with van der Waals surface area (Å²) in [5, 5.41) is 8.76. The van der Waals surface area contributed by atoms with E-state index in [0.29, 0.717) is 16.5 Å². The van der Waals surface area contributed by atoms with Gasteiger partial charge < -0.3 is 4.57 Å². The Morgan fingerprint density at radius 2 is 2.00 bits per heavy atom. The third-order valence-electron chi connectivity index (χ3n) is 4.31. The van der Waals surface area contributed by atoms with Gasteiger partial charge in [0.1, 0.15) is 5.82 Å². The molecule has 1 fully saturated rings. The van der Waals surface area contributed by atoms with Gasteiger partial charge in [0.05, 0.1) is 11.7 Å². The molecule has 0 atom stereocenters. The fourth-order valence-electron chi connectivity index (χ4n) is 2.81. The van der Waals surface area contributed by atoms with Crippen LogP contribution in [-0.2, 0) is 18.4 Å². The largest absolute Gasteiger partial charge is 0.336 e. The molecule has 3 aromatic rings. The van der Waals surface area contributed by atoms with Gasteiger partial charge in [-0.05, 0) is 30.5 Å². The number of nitrogens with zero attached hydrogens (tertiary/aromatic N) is 4. The maximum absolute atomic E-state index is 6.23. The summed E-state index contributed by atoms with van der Waals surface area (Å²) >= 11 is 12.5. The highest BCUT2D eigenvalue weighted by Crippen LogP contribution is 2.48. The molecule has 2 aromatic heterocycles. The first-order valence-electron chi connectivity index (χ1n) is 7.47. The van der Waals surface area contributed by atoms with Crippen LogP contribution in [0.4, 0.5) is 0 Å². The zero-order chi connectivity index (χ0) is 15.9. The Hall–Kier alpha value is -1.85. The number of rotatable bonds is 5. The minimum absolute atomic E-state index is 0.0275. The van der Waals surface area contributed by atoms with Gasteiger partial charge in [0.15, 0.2) is 5.82 Å². The molecule has 1 aliphatic rings. The van der Waals surface area contributed by atoms with Crippen molar-refractivity contribution in [2.75, 3.05) is 0 Å². The fraction of sp³-hybridized carbons (Fsp3) is 0.312. The fourth-order valence-corrected chi connectivity index (χ4v) is 3.34. The van der Waals surface area contributed by atoms with E-state index in [1.54, 1.807) is 6.20 Å². The molecule has 7 heteroatoms. The predicted molar refractivity (Wildman–Crippen MR) is 88.8 cm³/mol. The van der Waals surface area contributed by atoms with Gasteiger partial charge in [0.2, 0.25) is 0 Å². The smallest absolute Gasteiger partial charge is 0.158 e. The molecular formula is C16H15Cl2N5. The van der Waals surface area contributed by atoms with Crippen molar-refractivity contribution in [3.05, 3.63) is 64.2 Å². The van der Waals surface area contributed by atoms with E-state index >= 15 is 0 Å². The Kier molecular flexibility index (Phi) is 3.62. The number of nitrogens with one attached hydrogen (secondary N) is 1. The summed E-state index contributed by atoms with van der Waals surface area (Å²) in [6, 6.07) is 5.51. The topological polar surface area (TPSA) is 59.4 Å². The van der Waals surface area contributed by atoms with Crippen molar-refractivity contribution in [3.8, 4) is 0 Å². The maximum Gasteiger partial charge on any atom is 0.158 e. The second kappa shape index (κ2) is 5.65. The van der Waals surface area contributed by atoms with Crippen LogP contribution in [0.25, 0.3) is 0 Å². The molecule has 1 aromatic carbocycles. The lowest BCUT2D eigenvalue weighted by molar-refractivity contribution is 0.521. The number of hydrogen-bond donors (Lipinski definition) is 1. The Labute approximate surface area is 143 Å². The first-order valence-corrected chi connectivity index (χ1v) is 8.22.